The molecule has 6 nitrogen and oxygen atoms in total. The predicted molar refractivity (Wildman–Crippen MR) is 125 cm³/mol. The van der Waals surface area contributed by atoms with Crippen LogP contribution in [0.25, 0.3) is 33.4 Å². The van der Waals surface area contributed by atoms with Crippen LogP contribution in [0.2, 0.25) is 5.02 Å². The number of rotatable bonds is 2. The van der Waals surface area contributed by atoms with Crippen molar-refractivity contribution in [2.75, 3.05) is 0 Å². The van der Waals surface area contributed by atoms with E-state index in [1.807, 2.05) is 36.4 Å². The van der Waals surface area contributed by atoms with E-state index in [4.69, 9.17) is 21.3 Å². The Morgan fingerprint density at radius 1 is 1.09 bits per heavy atom. The summed E-state index contributed by atoms with van der Waals surface area (Å²) in [7, 11) is 0. The van der Waals surface area contributed by atoms with Crippen molar-refractivity contribution in [3.63, 3.8) is 0 Å². The van der Waals surface area contributed by atoms with Gasteiger partial charge in [-0.05, 0) is 53.9 Å². The zero-order valence-corrected chi connectivity index (χ0v) is 18.5. The molecule has 0 radical (unpaired) electrons. The number of halogens is 1. The van der Waals surface area contributed by atoms with Crippen LogP contribution in [0.15, 0.2) is 59.4 Å². The molecule has 2 aliphatic heterocycles. The van der Waals surface area contributed by atoms with Crippen molar-refractivity contribution in [1.82, 2.24) is 9.55 Å². The van der Waals surface area contributed by atoms with Gasteiger partial charge in [-0.1, -0.05) is 36.7 Å². The van der Waals surface area contributed by atoms with E-state index in [0.717, 1.165) is 27.6 Å². The van der Waals surface area contributed by atoms with Gasteiger partial charge in [-0.2, -0.15) is 0 Å². The zero-order chi connectivity index (χ0) is 22.9. The van der Waals surface area contributed by atoms with Gasteiger partial charge in [0.15, 0.2) is 5.60 Å². The highest BCUT2D eigenvalue weighted by molar-refractivity contribution is 6.30. The summed E-state index contributed by atoms with van der Waals surface area (Å²) in [4.78, 5) is 30.4. The molecule has 2 aromatic heterocycles. The first-order valence-corrected chi connectivity index (χ1v) is 11.1. The molecule has 0 bridgehead atoms. The monoisotopic (exact) mass is 458 g/mol. The van der Waals surface area contributed by atoms with Crippen LogP contribution < -0.4 is 5.56 Å². The van der Waals surface area contributed by atoms with E-state index in [1.54, 1.807) is 17.6 Å². The standard InChI is InChI=1S/C26H19ClN2O4/c1-2-26(32)20-11-22-23-17(12-29(22)24(30)19(20)13-33-25(26)31)10-16-9-15(5-8-21(16)28-23)14-3-6-18(27)7-4-14/h3-11,32H,2,12-13H2,1H3/t26-/m0/s1. The van der Waals surface area contributed by atoms with Crippen LogP contribution in [0.3, 0.4) is 0 Å². The molecule has 0 spiro atoms. The molecule has 0 saturated heterocycles. The number of aliphatic hydroxyl groups is 1. The summed E-state index contributed by atoms with van der Waals surface area (Å²) in [6, 6.07) is 17.5. The number of carbonyl (C=O) groups excluding carboxylic acids is 1. The fourth-order valence-corrected chi connectivity index (χ4v) is 4.93. The fraction of sp³-hybridized carbons (Fsp3) is 0.192. The molecule has 33 heavy (non-hydrogen) atoms. The van der Waals surface area contributed by atoms with E-state index < -0.39 is 11.6 Å². The summed E-state index contributed by atoms with van der Waals surface area (Å²) in [5, 5.41) is 12.6. The van der Waals surface area contributed by atoms with Crippen LogP contribution in [-0.4, -0.2) is 20.6 Å². The minimum absolute atomic E-state index is 0.118. The Morgan fingerprint density at radius 3 is 2.61 bits per heavy atom. The number of esters is 1. The second kappa shape index (κ2) is 7.01. The third-order valence-electron chi connectivity index (χ3n) is 6.69. The second-order valence-electron chi connectivity index (χ2n) is 8.51. The van der Waals surface area contributed by atoms with Crippen LogP contribution in [0.4, 0.5) is 0 Å². The second-order valence-corrected chi connectivity index (χ2v) is 8.95. The van der Waals surface area contributed by atoms with E-state index in [9.17, 15) is 14.7 Å². The lowest BCUT2D eigenvalue weighted by Gasteiger charge is -2.31. The third kappa shape index (κ3) is 2.88. The number of hydrogen-bond donors (Lipinski definition) is 1. The maximum Gasteiger partial charge on any atom is 0.343 e. The van der Waals surface area contributed by atoms with Gasteiger partial charge in [-0.25, -0.2) is 9.78 Å². The molecular weight excluding hydrogens is 440 g/mol. The molecule has 0 fully saturated rings. The van der Waals surface area contributed by atoms with E-state index >= 15 is 0 Å². The van der Waals surface area contributed by atoms with Crippen LogP contribution in [-0.2, 0) is 28.3 Å². The number of fused-ring (bicyclic) bond motifs is 5. The highest BCUT2D eigenvalue weighted by Gasteiger charge is 2.45. The average Bonchev–Trinajstić information content (AvgIpc) is 3.18. The first-order chi connectivity index (χ1) is 15.9. The molecule has 4 aromatic rings. The molecule has 0 unspecified atom stereocenters. The van der Waals surface area contributed by atoms with Gasteiger partial charge in [-0.3, -0.25) is 4.79 Å². The number of carbonyl (C=O) groups is 1. The molecule has 1 N–H and O–H groups in total. The normalized spacial score (nSPS) is 18.6. The van der Waals surface area contributed by atoms with Crippen LogP contribution in [0, 0.1) is 0 Å². The lowest BCUT2D eigenvalue weighted by Crippen LogP contribution is -2.44. The highest BCUT2D eigenvalue weighted by atomic mass is 35.5. The molecule has 0 aliphatic carbocycles. The SMILES string of the molecule is CC[C@@]1(O)C(=O)OCc2c1cc1n(c2=O)Cc2cc3cc(-c4ccc(Cl)cc4)ccc3nc2-1. The van der Waals surface area contributed by atoms with Crippen molar-refractivity contribution in [2.24, 2.45) is 0 Å². The minimum atomic E-state index is -1.82. The molecule has 2 aliphatic rings. The summed E-state index contributed by atoms with van der Waals surface area (Å²) in [5.74, 6) is -0.721. The highest BCUT2D eigenvalue weighted by Crippen LogP contribution is 2.39. The summed E-state index contributed by atoms with van der Waals surface area (Å²) < 4.78 is 6.77. The third-order valence-corrected chi connectivity index (χ3v) is 6.94. The molecule has 0 amide bonds. The Balaban J connectivity index is 1.51. The Hall–Kier alpha value is -3.48. The summed E-state index contributed by atoms with van der Waals surface area (Å²) >= 11 is 6.02. The van der Waals surface area contributed by atoms with E-state index in [2.05, 4.69) is 12.1 Å². The molecule has 2 aromatic carbocycles. The summed E-state index contributed by atoms with van der Waals surface area (Å²) in [6.07, 6.45) is 0.118. The molecule has 7 heteroatoms. The number of pyridine rings is 2. The van der Waals surface area contributed by atoms with Gasteiger partial charge in [0.2, 0.25) is 0 Å². The van der Waals surface area contributed by atoms with Crippen molar-refractivity contribution in [3.05, 3.63) is 86.7 Å². The van der Waals surface area contributed by atoms with Crippen molar-refractivity contribution < 1.29 is 14.6 Å². The molecule has 0 saturated carbocycles. The van der Waals surface area contributed by atoms with Crippen molar-refractivity contribution >= 4 is 28.5 Å². The average molecular weight is 459 g/mol. The van der Waals surface area contributed by atoms with Crippen molar-refractivity contribution in [3.8, 4) is 22.5 Å². The van der Waals surface area contributed by atoms with Gasteiger partial charge >= 0.3 is 5.97 Å². The lowest BCUT2D eigenvalue weighted by molar-refractivity contribution is -0.172. The molecule has 164 valence electrons. The lowest BCUT2D eigenvalue weighted by atomic mass is 9.86. The maximum absolute atomic E-state index is 13.3. The van der Waals surface area contributed by atoms with E-state index in [1.165, 1.54) is 0 Å². The maximum atomic E-state index is 13.3. The van der Waals surface area contributed by atoms with E-state index in [-0.39, 0.29) is 18.6 Å². The predicted octanol–water partition coefficient (Wildman–Crippen LogP) is 4.40. The molecule has 4 heterocycles. The Labute approximate surface area is 194 Å². The Bertz CT molecular complexity index is 1540. The minimum Gasteiger partial charge on any atom is -0.458 e. The molecule has 1 atom stereocenters. The topological polar surface area (TPSA) is 81.4 Å². The van der Waals surface area contributed by atoms with Crippen LogP contribution in [0.1, 0.15) is 30.0 Å². The van der Waals surface area contributed by atoms with Gasteiger partial charge in [-0.15, -0.1) is 0 Å². The van der Waals surface area contributed by atoms with E-state index in [0.29, 0.717) is 34.1 Å². The number of aromatic nitrogens is 2. The van der Waals surface area contributed by atoms with Crippen molar-refractivity contribution in [2.45, 2.75) is 32.1 Å². The first kappa shape index (κ1) is 20.1. The molecule has 6 rings (SSSR count). The number of ether oxygens (including phenoxy) is 1. The largest absolute Gasteiger partial charge is 0.458 e. The smallest absolute Gasteiger partial charge is 0.343 e. The zero-order valence-electron chi connectivity index (χ0n) is 17.8. The van der Waals surface area contributed by atoms with Gasteiger partial charge in [0.1, 0.15) is 6.61 Å². The molecular formula is C26H19ClN2O4. The van der Waals surface area contributed by atoms with Gasteiger partial charge in [0.25, 0.3) is 5.56 Å². The number of cyclic esters (lactones) is 1. The summed E-state index contributed by atoms with van der Waals surface area (Å²) in [5.41, 5.74) is 3.69. The summed E-state index contributed by atoms with van der Waals surface area (Å²) in [6.45, 7) is 1.94. The number of benzene rings is 2. The van der Waals surface area contributed by atoms with Gasteiger partial charge < -0.3 is 14.4 Å². The van der Waals surface area contributed by atoms with Crippen LogP contribution >= 0.6 is 11.6 Å². The van der Waals surface area contributed by atoms with Crippen LogP contribution in [0.5, 0.6) is 0 Å². The Kier molecular flexibility index (Phi) is 4.28. The number of hydrogen-bond acceptors (Lipinski definition) is 5. The van der Waals surface area contributed by atoms with Gasteiger partial charge in [0, 0.05) is 21.5 Å². The van der Waals surface area contributed by atoms with Crippen molar-refractivity contribution in [1.29, 1.82) is 0 Å². The quantitative estimate of drug-likeness (QED) is 0.396. The Morgan fingerprint density at radius 2 is 1.85 bits per heavy atom. The van der Waals surface area contributed by atoms with Gasteiger partial charge in [0.05, 0.1) is 29.0 Å². The fourth-order valence-electron chi connectivity index (χ4n) is 4.81. The number of nitrogens with zero attached hydrogens (tertiary/aromatic N) is 2. The first-order valence-electron chi connectivity index (χ1n) is 10.8.